The van der Waals surface area contributed by atoms with E-state index < -0.39 is 5.91 Å². The van der Waals surface area contributed by atoms with Gasteiger partial charge in [-0.25, -0.2) is 15.0 Å². The molecule has 2 aromatic heterocycles. The van der Waals surface area contributed by atoms with Gasteiger partial charge in [0.25, 0.3) is 5.91 Å². The highest BCUT2D eigenvalue weighted by Gasteiger charge is 2.20. The standard InChI is InChI=1S/C15H19N7O2/c16-13(23)11-8-12(24-10-11)9-20-14(17)21-4-6-22(7-5-21)15-18-2-1-3-19-15/h1-3,8,10H,4-7,9H2,(H2,16,23)(H2,17,20). The molecule has 0 radical (unpaired) electrons. The van der Waals surface area contributed by atoms with Crippen molar-refractivity contribution in [2.75, 3.05) is 31.1 Å². The third-order valence-electron chi connectivity index (χ3n) is 3.77. The van der Waals surface area contributed by atoms with Crippen molar-refractivity contribution in [3.63, 3.8) is 0 Å². The van der Waals surface area contributed by atoms with Crippen LogP contribution in [0.15, 0.2) is 40.2 Å². The molecule has 0 aliphatic carbocycles. The molecule has 24 heavy (non-hydrogen) atoms. The van der Waals surface area contributed by atoms with Crippen LogP contribution in [-0.4, -0.2) is 52.9 Å². The second-order valence-electron chi connectivity index (χ2n) is 5.36. The number of amides is 1. The van der Waals surface area contributed by atoms with E-state index in [0.717, 1.165) is 32.1 Å². The lowest BCUT2D eigenvalue weighted by molar-refractivity contribution is 0.0999. The summed E-state index contributed by atoms with van der Waals surface area (Å²) in [7, 11) is 0. The molecule has 0 saturated carbocycles. The predicted octanol–water partition coefficient (Wildman–Crippen LogP) is -0.195. The van der Waals surface area contributed by atoms with E-state index in [1.807, 2.05) is 4.90 Å². The molecule has 0 atom stereocenters. The number of piperazine rings is 1. The van der Waals surface area contributed by atoms with Crippen LogP contribution in [0, 0.1) is 0 Å². The highest BCUT2D eigenvalue weighted by molar-refractivity contribution is 5.92. The van der Waals surface area contributed by atoms with Crippen LogP contribution in [0.4, 0.5) is 5.95 Å². The SMILES string of the molecule is NC(=O)c1coc(CN=C(N)N2CCN(c3ncccn3)CC2)c1. The van der Waals surface area contributed by atoms with Crippen molar-refractivity contribution >= 4 is 17.8 Å². The van der Waals surface area contributed by atoms with E-state index in [0.29, 0.717) is 17.3 Å². The zero-order valence-corrected chi connectivity index (χ0v) is 13.1. The van der Waals surface area contributed by atoms with Gasteiger partial charge in [-0.05, 0) is 12.1 Å². The summed E-state index contributed by atoms with van der Waals surface area (Å²) in [6.07, 6.45) is 4.78. The molecular formula is C15H19N7O2. The number of anilines is 1. The Hall–Kier alpha value is -3.10. The van der Waals surface area contributed by atoms with Crippen LogP contribution in [0.25, 0.3) is 0 Å². The minimum absolute atomic E-state index is 0.265. The molecule has 1 fully saturated rings. The molecule has 0 bridgehead atoms. The maximum absolute atomic E-state index is 11.0. The summed E-state index contributed by atoms with van der Waals surface area (Å²) in [5, 5.41) is 0. The van der Waals surface area contributed by atoms with Crippen LogP contribution < -0.4 is 16.4 Å². The summed E-state index contributed by atoms with van der Waals surface area (Å²) in [6, 6.07) is 3.37. The maximum Gasteiger partial charge on any atom is 0.251 e. The quantitative estimate of drug-likeness (QED) is 0.587. The highest BCUT2D eigenvalue weighted by atomic mass is 16.3. The van der Waals surface area contributed by atoms with Crippen LogP contribution in [0.3, 0.4) is 0 Å². The van der Waals surface area contributed by atoms with Crippen LogP contribution in [0.2, 0.25) is 0 Å². The molecule has 9 heteroatoms. The molecule has 1 aliphatic heterocycles. The van der Waals surface area contributed by atoms with Gasteiger partial charge in [0.1, 0.15) is 18.6 Å². The fourth-order valence-electron chi connectivity index (χ4n) is 2.44. The molecular weight excluding hydrogens is 310 g/mol. The van der Waals surface area contributed by atoms with Gasteiger partial charge in [-0.2, -0.15) is 0 Å². The van der Waals surface area contributed by atoms with E-state index in [2.05, 4.69) is 19.9 Å². The third-order valence-corrected chi connectivity index (χ3v) is 3.77. The third kappa shape index (κ3) is 3.62. The summed E-state index contributed by atoms with van der Waals surface area (Å²) in [5.41, 5.74) is 11.5. The number of carbonyl (C=O) groups excluding carboxylic acids is 1. The molecule has 1 amide bonds. The Morgan fingerprint density at radius 2 is 1.92 bits per heavy atom. The fraction of sp³-hybridized carbons (Fsp3) is 0.333. The van der Waals surface area contributed by atoms with Crippen molar-refractivity contribution in [2.24, 2.45) is 16.5 Å². The Labute approximate surface area is 139 Å². The summed E-state index contributed by atoms with van der Waals surface area (Å²) < 4.78 is 5.23. The minimum atomic E-state index is -0.527. The van der Waals surface area contributed by atoms with Crippen molar-refractivity contribution in [1.82, 2.24) is 14.9 Å². The number of nitrogens with zero attached hydrogens (tertiary/aromatic N) is 5. The number of rotatable bonds is 4. The Morgan fingerprint density at radius 3 is 2.54 bits per heavy atom. The summed E-state index contributed by atoms with van der Waals surface area (Å²) in [4.78, 5) is 27.9. The van der Waals surface area contributed by atoms with E-state index in [1.165, 1.54) is 6.26 Å². The molecule has 3 heterocycles. The van der Waals surface area contributed by atoms with Crippen molar-refractivity contribution in [1.29, 1.82) is 0 Å². The van der Waals surface area contributed by atoms with Gasteiger partial charge >= 0.3 is 0 Å². The smallest absolute Gasteiger partial charge is 0.251 e. The number of furan rings is 1. The average molecular weight is 329 g/mol. The molecule has 9 nitrogen and oxygen atoms in total. The van der Waals surface area contributed by atoms with Crippen LogP contribution in [0.1, 0.15) is 16.1 Å². The van der Waals surface area contributed by atoms with Gasteiger partial charge in [-0.1, -0.05) is 0 Å². The molecule has 1 aliphatic rings. The van der Waals surface area contributed by atoms with Crippen molar-refractivity contribution in [3.05, 3.63) is 42.1 Å². The predicted molar refractivity (Wildman–Crippen MR) is 88.4 cm³/mol. The molecule has 126 valence electrons. The molecule has 4 N–H and O–H groups in total. The zero-order valence-electron chi connectivity index (χ0n) is 13.1. The largest absolute Gasteiger partial charge is 0.467 e. The Bertz CT molecular complexity index is 720. The summed E-state index contributed by atoms with van der Waals surface area (Å²) >= 11 is 0. The molecule has 0 spiro atoms. The van der Waals surface area contributed by atoms with Gasteiger partial charge in [-0.3, -0.25) is 4.79 Å². The molecule has 0 aromatic carbocycles. The molecule has 2 aromatic rings. The van der Waals surface area contributed by atoms with Crippen molar-refractivity contribution in [2.45, 2.75) is 6.54 Å². The van der Waals surface area contributed by atoms with Crippen LogP contribution in [0.5, 0.6) is 0 Å². The van der Waals surface area contributed by atoms with E-state index in [9.17, 15) is 4.79 Å². The number of nitrogens with two attached hydrogens (primary N) is 2. The number of hydrogen-bond acceptors (Lipinski definition) is 6. The van der Waals surface area contributed by atoms with Gasteiger partial charge in [0.2, 0.25) is 5.95 Å². The first-order chi connectivity index (χ1) is 11.6. The van der Waals surface area contributed by atoms with Gasteiger partial charge in [0, 0.05) is 38.6 Å². The highest BCUT2D eigenvalue weighted by Crippen LogP contribution is 2.11. The lowest BCUT2D eigenvalue weighted by Crippen LogP contribution is -2.51. The number of aliphatic imine (C=N–C) groups is 1. The number of hydrogen-bond donors (Lipinski definition) is 2. The van der Waals surface area contributed by atoms with Crippen molar-refractivity contribution < 1.29 is 9.21 Å². The summed E-state index contributed by atoms with van der Waals surface area (Å²) in [5.74, 6) is 1.19. The second kappa shape index (κ2) is 6.99. The Balaban J connectivity index is 1.54. The monoisotopic (exact) mass is 329 g/mol. The van der Waals surface area contributed by atoms with E-state index in [-0.39, 0.29) is 6.54 Å². The minimum Gasteiger partial charge on any atom is -0.467 e. The molecule has 1 saturated heterocycles. The van der Waals surface area contributed by atoms with E-state index >= 15 is 0 Å². The fourth-order valence-corrected chi connectivity index (χ4v) is 2.44. The van der Waals surface area contributed by atoms with E-state index in [4.69, 9.17) is 15.9 Å². The molecule has 0 unspecified atom stereocenters. The van der Waals surface area contributed by atoms with Crippen LogP contribution in [-0.2, 0) is 6.54 Å². The first kappa shape index (κ1) is 15.8. The lowest BCUT2D eigenvalue weighted by atomic mass is 10.3. The topological polar surface area (TPSA) is 127 Å². The van der Waals surface area contributed by atoms with Gasteiger partial charge < -0.3 is 25.7 Å². The maximum atomic E-state index is 11.0. The average Bonchev–Trinajstić information content (AvgIpc) is 3.10. The number of guanidine groups is 1. The number of aromatic nitrogens is 2. The second-order valence-corrected chi connectivity index (χ2v) is 5.36. The zero-order chi connectivity index (χ0) is 16.9. The summed E-state index contributed by atoms with van der Waals surface area (Å²) in [6.45, 7) is 3.28. The number of carbonyl (C=O) groups is 1. The van der Waals surface area contributed by atoms with Gasteiger partial charge in [-0.15, -0.1) is 0 Å². The van der Waals surface area contributed by atoms with Gasteiger partial charge in [0.15, 0.2) is 5.96 Å². The number of primary amides is 1. The molecule has 3 rings (SSSR count). The normalized spacial score (nSPS) is 15.6. The van der Waals surface area contributed by atoms with Gasteiger partial charge in [0.05, 0.1) is 5.56 Å². The lowest BCUT2D eigenvalue weighted by Gasteiger charge is -2.35. The Morgan fingerprint density at radius 1 is 1.21 bits per heavy atom. The van der Waals surface area contributed by atoms with Crippen LogP contribution >= 0.6 is 0 Å². The first-order valence-corrected chi connectivity index (χ1v) is 7.57. The van der Waals surface area contributed by atoms with E-state index in [1.54, 1.807) is 24.5 Å². The first-order valence-electron chi connectivity index (χ1n) is 7.57. The van der Waals surface area contributed by atoms with Crippen molar-refractivity contribution in [3.8, 4) is 0 Å². The Kier molecular flexibility index (Phi) is 4.59.